The van der Waals surface area contributed by atoms with E-state index in [1.807, 2.05) is 44.2 Å². The molecular formula is C25H35N3O5S. The molecule has 8 nitrogen and oxygen atoms in total. The summed E-state index contributed by atoms with van der Waals surface area (Å²) >= 11 is 0. The Balaban J connectivity index is 2.27. The second-order valence-electron chi connectivity index (χ2n) is 7.99. The van der Waals surface area contributed by atoms with E-state index in [2.05, 4.69) is 5.32 Å². The molecule has 2 aromatic carbocycles. The van der Waals surface area contributed by atoms with E-state index in [0.29, 0.717) is 31.0 Å². The minimum Gasteiger partial charge on any atom is -0.494 e. The Morgan fingerprint density at radius 1 is 1.03 bits per heavy atom. The van der Waals surface area contributed by atoms with Crippen LogP contribution in [0.3, 0.4) is 0 Å². The molecule has 1 N–H and O–H groups in total. The number of benzene rings is 2. The maximum atomic E-state index is 13.4. The summed E-state index contributed by atoms with van der Waals surface area (Å²) in [6.07, 6.45) is 2.37. The lowest BCUT2D eigenvalue weighted by atomic mass is 10.1. The topological polar surface area (TPSA) is 96.0 Å². The SMILES string of the molecule is CCCNC(=O)[C@H](C)N(CCc1ccccc1)C(=O)CN(c1ccc(OCC)cc1)S(C)(=O)=O. The largest absolute Gasteiger partial charge is 0.494 e. The van der Waals surface area contributed by atoms with E-state index in [-0.39, 0.29) is 12.5 Å². The van der Waals surface area contributed by atoms with Gasteiger partial charge in [-0.25, -0.2) is 8.42 Å². The van der Waals surface area contributed by atoms with E-state index >= 15 is 0 Å². The fourth-order valence-electron chi connectivity index (χ4n) is 3.45. The Kier molecular flexibility index (Phi) is 10.4. The van der Waals surface area contributed by atoms with Gasteiger partial charge in [0.25, 0.3) is 0 Å². The van der Waals surface area contributed by atoms with Gasteiger partial charge in [0.15, 0.2) is 0 Å². The Hall–Kier alpha value is -3.07. The van der Waals surface area contributed by atoms with Crippen LogP contribution in [0.1, 0.15) is 32.8 Å². The molecular weight excluding hydrogens is 454 g/mol. The number of nitrogens with one attached hydrogen (secondary N) is 1. The molecule has 0 aromatic heterocycles. The van der Waals surface area contributed by atoms with E-state index in [0.717, 1.165) is 22.5 Å². The molecule has 2 aromatic rings. The molecule has 34 heavy (non-hydrogen) atoms. The average Bonchev–Trinajstić information content (AvgIpc) is 2.81. The van der Waals surface area contributed by atoms with Gasteiger partial charge in [0, 0.05) is 13.1 Å². The molecule has 0 spiro atoms. The first-order valence-electron chi connectivity index (χ1n) is 11.5. The third-order valence-electron chi connectivity index (χ3n) is 5.32. The van der Waals surface area contributed by atoms with Crippen molar-refractivity contribution in [2.75, 3.05) is 36.8 Å². The van der Waals surface area contributed by atoms with E-state index in [1.54, 1.807) is 31.2 Å². The maximum absolute atomic E-state index is 13.4. The van der Waals surface area contributed by atoms with E-state index in [1.165, 1.54) is 4.90 Å². The highest BCUT2D eigenvalue weighted by Gasteiger charge is 2.29. The van der Waals surface area contributed by atoms with Crippen LogP contribution < -0.4 is 14.4 Å². The second kappa shape index (κ2) is 13.0. The summed E-state index contributed by atoms with van der Waals surface area (Å²) in [5.41, 5.74) is 1.37. The molecule has 9 heteroatoms. The number of anilines is 1. The summed E-state index contributed by atoms with van der Waals surface area (Å²) in [6.45, 7) is 6.34. The molecule has 0 heterocycles. The molecule has 186 valence electrons. The standard InChI is InChI=1S/C25H35N3O5S/c1-5-17-26-25(30)20(3)27(18-16-21-10-8-7-9-11-21)24(29)19-28(34(4,31)32)22-12-14-23(15-13-22)33-6-2/h7-15,20H,5-6,16-19H2,1-4H3,(H,26,30)/t20-/m0/s1. The molecule has 0 bridgehead atoms. The zero-order valence-corrected chi connectivity index (χ0v) is 21.2. The van der Waals surface area contributed by atoms with Gasteiger partial charge >= 0.3 is 0 Å². The Bertz CT molecular complexity index is 1030. The lowest BCUT2D eigenvalue weighted by Crippen LogP contribution is -2.52. The highest BCUT2D eigenvalue weighted by molar-refractivity contribution is 7.92. The minimum absolute atomic E-state index is 0.268. The number of amides is 2. The summed E-state index contributed by atoms with van der Waals surface area (Å²) in [4.78, 5) is 27.5. The lowest BCUT2D eigenvalue weighted by Gasteiger charge is -2.31. The highest BCUT2D eigenvalue weighted by atomic mass is 32.2. The molecule has 1 atom stereocenters. The Morgan fingerprint density at radius 3 is 2.24 bits per heavy atom. The van der Waals surface area contributed by atoms with Crippen molar-refractivity contribution in [3.05, 3.63) is 60.2 Å². The van der Waals surface area contributed by atoms with E-state index in [9.17, 15) is 18.0 Å². The van der Waals surface area contributed by atoms with Crippen LogP contribution in [-0.4, -0.2) is 63.7 Å². The zero-order valence-electron chi connectivity index (χ0n) is 20.4. The third-order valence-corrected chi connectivity index (χ3v) is 6.46. The van der Waals surface area contributed by atoms with Crippen molar-refractivity contribution >= 4 is 27.5 Å². The number of sulfonamides is 1. The molecule has 0 fully saturated rings. The monoisotopic (exact) mass is 489 g/mol. The summed E-state index contributed by atoms with van der Waals surface area (Å²) in [5.74, 6) is -0.110. The Morgan fingerprint density at radius 2 is 1.68 bits per heavy atom. The van der Waals surface area contributed by atoms with Gasteiger partial charge < -0.3 is 15.0 Å². The molecule has 2 rings (SSSR count). The number of carbonyl (C=O) groups excluding carboxylic acids is 2. The first-order valence-corrected chi connectivity index (χ1v) is 13.3. The van der Waals surface area contributed by atoms with Crippen molar-refractivity contribution in [2.45, 2.75) is 39.7 Å². The van der Waals surface area contributed by atoms with Gasteiger partial charge in [0.2, 0.25) is 21.8 Å². The summed E-state index contributed by atoms with van der Waals surface area (Å²) in [5, 5.41) is 2.82. The van der Waals surface area contributed by atoms with E-state index < -0.39 is 28.5 Å². The van der Waals surface area contributed by atoms with Gasteiger partial charge in [-0.05, 0) is 56.5 Å². The first kappa shape index (κ1) is 27.2. The number of carbonyl (C=O) groups is 2. The van der Waals surface area contributed by atoms with Crippen LogP contribution in [0.2, 0.25) is 0 Å². The van der Waals surface area contributed by atoms with Crippen molar-refractivity contribution in [2.24, 2.45) is 0 Å². The lowest BCUT2D eigenvalue weighted by molar-refractivity contribution is -0.138. The smallest absolute Gasteiger partial charge is 0.244 e. The van der Waals surface area contributed by atoms with Gasteiger partial charge in [0.1, 0.15) is 18.3 Å². The summed E-state index contributed by atoms with van der Waals surface area (Å²) in [7, 11) is -3.75. The van der Waals surface area contributed by atoms with Crippen LogP contribution in [0.15, 0.2) is 54.6 Å². The maximum Gasteiger partial charge on any atom is 0.244 e. The predicted molar refractivity (Wildman–Crippen MR) is 134 cm³/mol. The summed E-state index contributed by atoms with van der Waals surface area (Å²) < 4.78 is 31.6. The normalized spacial score (nSPS) is 12.0. The molecule has 0 unspecified atom stereocenters. The predicted octanol–water partition coefficient (Wildman–Crippen LogP) is 2.84. The van der Waals surface area contributed by atoms with Gasteiger partial charge in [-0.3, -0.25) is 13.9 Å². The molecule has 0 saturated carbocycles. The van der Waals surface area contributed by atoms with E-state index in [4.69, 9.17) is 4.74 Å². The van der Waals surface area contributed by atoms with Crippen molar-refractivity contribution in [3.8, 4) is 5.75 Å². The van der Waals surface area contributed by atoms with Crippen molar-refractivity contribution in [1.29, 1.82) is 0 Å². The molecule has 2 amide bonds. The number of ether oxygens (including phenoxy) is 1. The molecule has 0 radical (unpaired) electrons. The molecule has 0 aliphatic rings. The van der Waals surface area contributed by atoms with Gasteiger partial charge in [-0.1, -0.05) is 37.3 Å². The van der Waals surface area contributed by atoms with Crippen LogP contribution in [0.4, 0.5) is 5.69 Å². The average molecular weight is 490 g/mol. The third kappa shape index (κ3) is 8.06. The van der Waals surface area contributed by atoms with Crippen molar-refractivity contribution < 1.29 is 22.7 Å². The van der Waals surface area contributed by atoms with Crippen LogP contribution in [-0.2, 0) is 26.0 Å². The Labute approximate surface area is 202 Å². The van der Waals surface area contributed by atoms with Gasteiger partial charge in [0.05, 0.1) is 18.6 Å². The fourth-order valence-corrected chi connectivity index (χ4v) is 4.30. The van der Waals surface area contributed by atoms with Gasteiger partial charge in [-0.2, -0.15) is 0 Å². The number of rotatable bonds is 13. The molecule has 0 aliphatic carbocycles. The second-order valence-corrected chi connectivity index (χ2v) is 9.89. The van der Waals surface area contributed by atoms with Crippen molar-refractivity contribution in [3.63, 3.8) is 0 Å². The molecule has 0 saturated heterocycles. The first-order chi connectivity index (χ1) is 16.2. The van der Waals surface area contributed by atoms with Crippen LogP contribution in [0.5, 0.6) is 5.75 Å². The van der Waals surface area contributed by atoms with Crippen LogP contribution in [0.25, 0.3) is 0 Å². The number of nitrogens with zero attached hydrogens (tertiary/aromatic N) is 2. The quantitative estimate of drug-likeness (QED) is 0.467. The zero-order chi connectivity index (χ0) is 25.1. The number of hydrogen-bond acceptors (Lipinski definition) is 5. The van der Waals surface area contributed by atoms with Gasteiger partial charge in [-0.15, -0.1) is 0 Å². The highest BCUT2D eigenvalue weighted by Crippen LogP contribution is 2.22. The summed E-state index contributed by atoms with van der Waals surface area (Å²) in [6, 6.07) is 15.4. The fraction of sp³-hybridized carbons (Fsp3) is 0.440. The minimum atomic E-state index is -3.75. The number of hydrogen-bond donors (Lipinski definition) is 1. The molecule has 0 aliphatic heterocycles. The van der Waals surface area contributed by atoms with Crippen molar-refractivity contribution in [1.82, 2.24) is 10.2 Å². The van der Waals surface area contributed by atoms with Crippen LogP contribution >= 0.6 is 0 Å². The van der Waals surface area contributed by atoms with Crippen LogP contribution in [0, 0.1) is 0 Å².